The van der Waals surface area contributed by atoms with Crippen molar-refractivity contribution in [3.8, 4) is 0 Å². The standard InChI is InChI=1S/C17H18ClNO5/c1-16(2,3)24-15(22)19-12-7-9(13(20)23-4)11(18)8-10(12)17(5-6-17)14(19)21/h7-8H,5-6H2,1-4H3. The van der Waals surface area contributed by atoms with Crippen molar-refractivity contribution in [3.05, 3.63) is 28.3 Å². The lowest BCUT2D eigenvalue weighted by molar-refractivity contribution is -0.120. The van der Waals surface area contributed by atoms with Crippen molar-refractivity contribution in [2.45, 2.75) is 44.6 Å². The average molecular weight is 352 g/mol. The quantitative estimate of drug-likeness (QED) is 0.725. The van der Waals surface area contributed by atoms with Crippen molar-refractivity contribution in [2.24, 2.45) is 0 Å². The molecule has 24 heavy (non-hydrogen) atoms. The molecule has 1 aromatic carbocycles. The predicted molar refractivity (Wildman–Crippen MR) is 87.4 cm³/mol. The van der Waals surface area contributed by atoms with Gasteiger partial charge in [-0.2, -0.15) is 0 Å². The van der Waals surface area contributed by atoms with Gasteiger partial charge in [0.25, 0.3) is 0 Å². The van der Waals surface area contributed by atoms with E-state index >= 15 is 0 Å². The fraction of sp³-hybridized carbons (Fsp3) is 0.471. The van der Waals surface area contributed by atoms with Gasteiger partial charge < -0.3 is 9.47 Å². The Kier molecular flexibility index (Phi) is 3.64. The lowest BCUT2D eigenvalue weighted by Gasteiger charge is -2.24. The van der Waals surface area contributed by atoms with Crippen molar-refractivity contribution in [1.82, 2.24) is 0 Å². The smallest absolute Gasteiger partial charge is 0.421 e. The zero-order valence-electron chi connectivity index (χ0n) is 13.9. The number of rotatable bonds is 1. The van der Waals surface area contributed by atoms with Gasteiger partial charge in [-0.05, 0) is 51.3 Å². The van der Waals surface area contributed by atoms with Crippen molar-refractivity contribution in [3.63, 3.8) is 0 Å². The Bertz CT molecular complexity index is 761. The molecule has 1 saturated carbocycles. The first-order chi connectivity index (χ1) is 11.1. The molecule has 6 nitrogen and oxygen atoms in total. The number of methoxy groups -OCH3 is 1. The van der Waals surface area contributed by atoms with E-state index in [-0.39, 0.29) is 16.5 Å². The van der Waals surface area contributed by atoms with E-state index in [0.717, 1.165) is 4.90 Å². The first kappa shape index (κ1) is 16.8. The highest BCUT2D eigenvalue weighted by Gasteiger charge is 2.61. The third-order valence-electron chi connectivity index (χ3n) is 4.19. The third-order valence-corrected chi connectivity index (χ3v) is 4.50. The number of imide groups is 1. The number of esters is 1. The molecule has 0 radical (unpaired) electrons. The van der Waals surface area contributed by atoms with Crippen LogP contribution in [0.4, 0.5) is 10.5 Å². The number of ether oxygens (including phenoxy) is 2. The van der Waals surface area contributed by atoms with Gasteiger partial charge in [0, 0.05) is 0 Å². The molecule has 2 amide bonds. The minimum absolute atomic E-state index is 0.108. The molecular weight excluding hydrogens is 334 g/mol. The summed E-state index contributed by atoms with van der Waals surface area (Å²) in [7, 11) is 1.24. The van der Waals surface area contributed by atoms with Crippen LogP contribution in [0.2, 0.25) is 5.02 Å². The summed E-state index contributed by atoms with van der Waals surface area (Å²) in [6.07, 6.45) is 0.536. The number of carbonyl (C=O) groups excluding carboxylic acids is 3. The van der Waals surface area contributed by atoms with Gasteiger partial charge in [0.1, 0.15) is 5.60 Å². The molecule has 0 N–H and O–H groups in total. The molecule has 1 heterocycles. The van der Waals surface area contributed by atoms with E-state index in [4.69, 9.17) is 21.1 Å². The first-order valence-electron chi connectivity index (χ1n) is 7.60. The van der Waals surface area contributed by atoms with Crippen LogP contribution >= 0.6 is 11.6 Å². The molecule has 128 valence electrons. The van der Waals surface area contributed by atoms with Gasteiger partial charge in [-0.25, -0.2) is 14.5 Å². The van der Waals surface area contributed by atoms with E-state index in [1.807, 2.05) is 0 Å². The zero-order valence-corrected chi connectivity index (χ0v) is 14.7. The topological polar surface area (TPSA) is 72.9 Å². The van der Waals surface area contributed by atoms with E-state index in [2.05, 4.69) is 0 Å². The molecule has 2 aliphatic rings. The summed E-state index contributed by atoms with van der Waals surface area (Å²) >= 11 is 6.17. The predicted octanol–water partition coefficient (Wildman–Crippen LogP) is 3.44. The van der Waals surface area contributed by atoms with Crippen LogP contribution in [0.15, 0.2) is 12.1 Å². The van der Waals surface area contributed by atoms with Gasteiger partial charge in [-0.15, -0.1) is 0 Å². The Balaban J connectivity index is 2.10. The van der Waals surface area contributed by atoms with Crippen LogP contribution in [-0.2, 0) is 19.7 Å². The van der Waals surface area contributed by atoms with Crippen LogP contribution in [0, 0.1) is 0 Å². The summed E-state index contributed by atoms with van der Waals surface area (Å²) in [6.45, 7) is 5.17. The maximum atomic E-state index is 12.8. The van der Waals surface area contributed by atoms with Crippen LogP contribution in [0.3, 0.4) is 0 Å². The molecule has 3 rings (SSSR count). The van der Waals surface area contributed by atoms with Gasteiger partial charge in [0.05, 0.1) is 28.8 Å². The molecule has 1 spiro atoms. The van der Waals surface area contributed by atoms with Gasteiger partial charge in [0.15, 0.2) is 0 Å². The number of nitrogens with zero attached hydrogens (tertiary/aromatic N) is 1. The molecule has 1 aliphatic heterocycles. The molecule has 0 aromatic heterocycles. The van der Waals surface area contributed by atoms with E-state index in [1.165, 1.54) is 13.2 Å². The molecule has 0 saturated heterocycles. The number of anilines is 1. The van der Waals surface area contributed by atoms with Crippen LogP contribution in [-0.4, -0.2) is 30.7 Å². The SMILES string of the molecule is COC(=O)c1cc2c(cc1Cl)C1(CC1)C(=O)N2C(=O)OC(C)(C)C. The Morgan fingerprint density at radius 2 is 1.88 bits per heavy atom. The molecule has 1 aromatic rings. The van der Waals surface area contributed by atoms with Gasteiger partial charge >= 0.3 is 12.1 Å². The maximum absolute atomic E-state index is 12.8. The fourth-order valence-electron chi connectivity index (χ4n) is 2.93. The second-order valence-electron chi connectivity index (χ2n) is 7.04. The number of benzene rings is 1. The van der Waals surface area contributed by atoms with E-state index in [9.17, 15) is 14.4 Å². The Hall–Kier alpha value is -2.08. The number of amides is 2. The molecular formula is C17H18ClNO5. The summed E-state index contributed by atoms with van der Waals surface area (Å²) in [4.78, 5) is 38.2. The lowest BCUT2D eigenvalue weighted by Crippen LogP contribution is -2.41. The van der Waals surface area contributed by atoms with Crippen molar-refractivity contribution < 1.29 is 23.9 Å². The number of halogens is 1. The van der Waals surface area contributed by atoms with Crippen LogP contribution < -0.4 is 4.90 Å². The normalized spacial score (nSPS) is 17.7. The largest absolute Gasteiger partial charge is 0.465 e. The van der Waals surface area contributed by atoms with E-state index in [1.54, 1.807) is 26.8 Å². The highest BCUT2D eigenvalue weighted by Crippen LogP contribution is 2.58. The summed E-state index contributed by atoms with van der Waals surface area (Å²) in [5, 5.41) is 0.200. The van der Waals surface area contributed by atoms with E-state index in [0.29, 0.717) is 24.1 Å². The molecule has 0 atom stereocenters. The lowest BCUT2D eigenvalue weighted by atomic mass is 9.96. The minimum atomic E-state index is -0.754. The minimum Gasteiger partial charge on any atom is -0.465 e. The average Bonchev–Trinajstić information content (AvgIpc) is 3.23. The Morgan fingerprint density at radius 3 is 2.38 bits per heavy atom. The van der Waals surface area contributed by atoms with Gasteiger partial charge in [-0.3, -0.25) is 4.79 Å². The first-order valence-corrected chi connectivity index (χ1v) is 7.98. The highest BCUT2D eigenvalue weighted by atomic mass is 35.5. The monoisotopic (exact) mass is 351 g/mol. The zero-order chi connectivity index (χ0) is 17.9. The molecule has 0 unspecified atom stereocenters. The van der Waals surface area contributed by atoms with Crippen LogP contribution in [0.25, 0.3) is 0 Å². The summed E-state index contributed by atoms with van der Waals surface area (Å²) in [5.41, 5.74) is -0.344. The van der Waals surface area contributed by atoms with Gasteiger partial charge in [-0.1, -0.05) is 11.6 Å². The molecule has 1 fully saturated rings. The summed E-state index contributed by atoms with van der Waals surface area (Å²) in [6, 6.07) is 3.01. The molecule has 1 aliphatic carbocycles. The highest BCUT2D eigenvalue weighted by molar-refractivity contribution is 6.34. The van der Waals surface area contributed by atoms with Crippen molar-refractivity contribution in [2.75, 3.05) is 12.0 Å². The molecule has 0 bridgehead atoms. The van der Waals surface area contributed by atoms with E-state index < -0.39 is 23.1 Å². The maximum Gasteiger partial charge on any atom is 0.421 e. The summed E-state index contributed by atoms with van der Waals surface area (Å²) in [5.74, 6) is -0.957. The Labute approximate surface area is 144 Å². The van der Waals surface area contributed by atoms with Crippen molar-refractivity contribution in [1.29, 1.82) is 0 Å². The second-order valence-corrected chi connectivity index (χ2v) is 7.45. The fourth-order valence-corrected chi connectivity index (χ4v) is 3.17. The Morgan fingerprint density at radius 1 is 1.25 bits per heavy atom. The second kappa shape index (κ2) is 5.21. The van der Waals surface area contributed by atoms with Gasteiger partial charge in [0.2, 0.25) is 5.91 Å². The van der Waals surface area contributed by atoms with Crippen LogP contribution in [0.5, 0.6) is 0 Å². The van der Waals surface area contributed by atoms with Crippen LogP contribution in [0.1, 0.15) is 49.5 Å². The molecule has 7 heteroatoms. The number of fused-ring (bicyclic) bond motifs is 2. The number of hydrogen-bond acceptors (Lipinski definition) is 5. The number of carbonyl (C=O) groups is 3. The number of hydrogen-bond donors (Lipinski definition) is 0. The van der Waals surface area contributed by atoms with Crippen molar-refractivity contribution >= 4 is 35.3 Å². The third kappa shape index (κ3) is 2.45. The summed E-state index contributed by atoms with van der Waals surface area (Å²) < 4.78 is 10.0.